The van der Waals surface area contributed by atoms with Gasteiger partial charge in [0.2, 0.25) is 0 Å². The molecule has 0 saturated carbocycles. The minimum atomic E-state index is 0.281. The Morgan fingerprint density at radius 2 is 1.90 bits per heavy atom. The third-order valence-corrected chi connectivity index (χ3v) is 4.03. The zero-order valence-electron chi connectivity index (χ0n) is 13.9. The molecular formula is C18H31N3. The standard InChI is InChI=1S/C18H31N3/c1-4-6-7-8-9-10-13-20-18-16(12-11-14-21-18)17(19)15(3)5-2/h11-12,14-15,19H,4-10,13H2,1-3H3,(H,20,21). The third-order valence-electron chi connectivity index (χ3n) is 4.03. The quantitative estimate of drug-likeness (QED) is 0.431. The van der Waals surface area contributed by atoms with Crippen molar-refractivity contribution in [3.05, 3.63) is 23.9 Å². The van der Waals surface area contributed by atoms with E-state index in [0.29, 0.717) is 5.71 Å². The van der Waals surface area contributed by atoms with Gasteiger partial charge in [-0.05, 0) is 30.9 Å². The highest BCUT2D eigenvalue weighted by Crippen LogP contribution is 2.18. The molecule has 1 aromatic heterocycles. The van der Waals surface area contributed by atoms with Crippen molar-refractivity contribution in [3.8, 4) is 0 Å². The second-order valence-corrected chi connectivity index (χ2v) is 5.82. The molecule has 118 valence electrons. The SMILES string of the molecule is CCCCCCCCNc1ncccc1C(=N)C(C)CC. The smallest absolute Gasteiger partial charge is 0.135 e. The van der Waals surface area contributed by atoms with Crippen molar-refractivity contribution in [3.63, 3.8) is 0 Å². The van der Waals surface area contributed by atoms with Gasteiger partial charge in [0.15, 0.2) is 0 Å². The van der Waals surface area contributed by atoms with Crippen molar-refractivity contribution in [2.75, 3.05) is 11.9 Å². The lowest BCUT2D eigenvalue weighted by Gasteiger charge is -2.15. The van der Waals surface area contributed by atoms with E-state index >= 15 is 0 Å². The first-order valence-electron chi connectivity index (χ1n) is 8.48. The molecule has 0 aromatic carbocycles. The van der Waals surface area contributed by atoms with Crippen LogP contribution in [0.15, 0.2) is 18.3 Å². The maximum absolute atomic E-state index is 8.29. The van der Waals surface area contributed by atoms with Gasteiger partial charge in [0.1, 0.15) is 5.82 Å². The highest BCUT2D eigenvalue weighted by Gasteiger charge is 2.13. The first-order chi connectivity index (χ1) is 10.2. The van der Waals surface area contributed by atoms with E-state index in [9.17, 15) is 0 Å². The molecule has 1 heterocycles. The van der Waals surface area contributed by atoms with Crippen molar-refractivity contribution in [1.82, 2.24) is 4.98 Å². The second-order valence-electron chi connectivity index (χ2n) is 5.82. The zero-order chi connectivity index (χ0) is 15.5. The molecule has 1 atom stereocenters. The topological polar surface area (TPSA) is 48.8 Å². The van der Waals surface area contributed by atoms with E-state index in [1.54, 1.807) is 6.20 Å². The second kappa shape index (κ2) is 10.4. The van der Waals surface area contributed by atoms with E-state index < -0.39 is 0 Å². The van der Waals surface area contributed by atoms with E-state index in [1.165, 1.54) is 38.5 Å². The van der Waals surface area contributed by atoms with Gasteiger partial charge in [-0.1, -0.05) is 52.9 Å². The number of aromatic nitrogens is 1. The highest BCUT2D eigenvalue weighted by atomic mass is 15.0. The van der Waals surface area contributed by atoms with Crippen LogP contribution in [-0.4, -0.2) is 17.2 Å². The maximum Gasteiger partial charge on any atom is 0.135 e. The molecule has 3 heteroatoms. The molecule has 1 unspecified atom stereocenters. The molecule has 0 amide bonds. The third kappa shape index (κ3) is 6.28. The van der Waals surface area contributed by atoms with Crippen LogP contribution in [0.5, 0.6) is 0 Å². The summed E-state index contributed by atoms with van der Waals surface area (Å²) in [6, 6.07) is 3.92. The molecule has 0 aliphatic carbocycles. The fourth-order valence-corrected chi connectivity index (χ4v) is 2.35. The summed E-state index contributed by atoms with van der Waals surface area (Å²) >= 11 is 0. The van der Waals surface area contributed by atoms with Gasteiger partial charge in [0, 0.05) is 24.0 Å². The van der Waals surface area contributed by atoms with Gasteiger partial charge >= 0.3 is 0 Å². The van der Waals surface area contributed by atoms with Crippen molar-refractivity contribution in [1.29, 1.82) is 5.41 Å². The predicted molar refractivity (Wildman–Crippen MR) is 92.4 cm³/mol. The van der Waals surface area contributed by atoms with E-state index in [-0.39, 0.29) is 5.92 Å². The van der Waals surface area contributed by atoms with Gasteiger partial charge in [0.05, 0.1) is 0 Å². The molecule has 0 bridgehead atoms. The molecule has 1 rings (SSSR count). The molecule has 0 fully saturated rings. The van der Waals surface area contributed by atoms with Gasteiger partial charge in [-0.15, -0.1) is 0 Å². The normalized spacial score (nSPS) is 12.1. The van der Waals surface area contributed by atoms with Crippen LogP contribution in [-0.2, 0) is 0 Å². The van der Waals surface area contributed by atoms with E-state index in [0.717, 1.165) is 24.3 Å². The van der Waals surface area contributed by atoms with Crippen molar-refractivity contribution in [2.45, 2.75) is 65.7 Å². The van der Waals surface area contributed by atoms with Gasteiger partial charge in [-0.3, -0.25) is 0 Å². The summed E-state index contributed by atoms with van der Waals surface area (Å²) in [6.07, 6.45) is 10.6. The largest absolute Gasteiger partial charge is 0.370 e. The minimum Gasteiger partial charge on any atom is -0.370 e. The molecule has 3 nitrogen and oxygen atoms in total. The molecule has 1 aromatic rings. The van der Waals surface area contributed by atoms with E-state index in [4.69, 9.17) is 5.41 Å². The molecule has 0 aliphatic rings. The van der Waals surface area contributed by atoms with Crippen molar-refractivity contribution >= 4 is 11.5 Å². The lowest BCUT2D eigenvalue weighted by molar-refractivity contribution is 0.616. The Morgan fingerprint density at radius 1 is 1.19 bits per heavy atom. The Balaban J connectivity index is 2.43. The number of nitrogens with zero attached hydrogens (tertiary/aromatic N) is 1. The number of hydrogen-bond donors (Lipinski definition) is 2. The van der Waals surface area contributed by atoms with Crippen LogP contribution in [0, 0.1) is 11.3 Å². The molecule has 0 saturated heterocycles. The fourth-order valence-electron chi connectivity index (χ4n) is 2.35. The molecule has 0 spiro atoms. The minimum absolute atomic E-state index is 0.281. The van der Waals surface area contributed by atoms with Gasteiger partial charge in [0.25, 0.3) is 0 Å². The first-order valence-corrected chi connectivity index (χ1v) is 8.48. The van der Waals surface area contributed by atoms with Crippen LogP contribution in [0.4, 0.5) is 5.82 Å². The Kier molecular flexibility index (Phi) is 8.72. The summed E-state index contributed by atoms with van der Waals surface area (Å²) in [5.74, 6) is 1.15. The first kappa shape index (κ1) is 17.7. The lowest BCUT2D eigenvalue weighted by atomic mass is 9.96. The number of rotatable bonds is 11. The summed E-state index contributed by atoms with van der Waals surface area (Å²) in [6.45, 7) is 7.42. The molecule has 21 heavy (non-hydrogen) atoms. The fraction of sp³-hybridized carbons (Fsp3) is 0.667. The van der Waals surface area contributed by atoms with Crippen LogP contribution in [0.2, 0.25) is 0 Å². The molecule has 2 N–H and O–H groups in total. The highest BCUT2D eigenvalue weighted by molar-refractivity contribution is 6.03. The van der Waals surface area contributed by atoms with Gasteiger partial charge in [-0.2, -0.15) is 0 Å². The lowest BCUT2D eigenvalue weighted by Crippen LogP contribution is -2.15. The molecule has 0 radical (unpaired) electrons. The van der Waals surface area contributed by atoms with Gasteiger partial charge in [-0.25, -0.2) is 4.98 Å². The van der Waals surface area contributed by atoms with Crippen molar-refractivity contribution < 1.29 is 0 Å². The maximum atomic E-state index is 8.29. The Labute approximate surface area is 130 Å². The Hall–Kier alpha value is -1.38. The monoisotopic (exact) mass is 289 g/mol. The van der Waals surface area contributed by atoms with E-state index in [2.05, 4.69) is 31.1 Å². The van der Waals surface area contributed by atoms with E-state index in [1.807, 2.05) is 12.1 Å². The van der Waals surface area contributed by atoms with Crippen LogP contribution in [0.3, 0.4) is 0 Å². The Morgan fingerprint density at radius 3 is 2.62 bits per heavy atom. The summed E-state index contributed by atoms with van der Waals surface area (Å²) in [7, 11) is 0. The molecular weight excluding hydrogens is 258 g/mol. The summed E-state index contributed by atoms with van der Waals surface area (Å²) in [5, 5.41) is 11.7. The van der Waals surface area contributed by atoms with Crippen molar-refractivity contribution in [2.24, 2.45) is 5.92 Å². The average Bonchev–Trinajstić information content (AvgIpc) is 2.53. The predicted octanol–water partition coefficient (Wildman–Crippen LogP) is 5.27. The number of hydrogen-bond acceptors (Lipinski definition) is 3. The summed E-state index contributed by atoms with van der Waals surface area (Å²) < 4.78 is 0. The summed E-state index contributed by atoms with van der Waals surface area (Å²) in [4.78, 5) is 4.41. The average molecular weight is 289 g/mol. The van der Waals surface area contributed by atoms with Crippen LogP contribution in [0.1, 0.15) is 71.3 Å². The van der Waals surface area contributed by atoms with Crippen LogP contribution < -0.4 is 5.32 Å². The Bertz CT molecular complexity index is 415. The number of pyridine rings is 1. The summed E-state index contributed by atoms with van der Waals surface area (Å²) in [5.41, 5.74) is 1.65. The van der Waals surface area contributed by atoms with Crippen LogP contribution >= 0.6 is 0 Å². The molecule has 0 aliphatic heterocycles. The van der Waals surface area contributed by atoms with Crippen LogP contribution in [0.25, 0.3) is 0 Å². The zero-order valence-corrected chi connectivity index (χ0v) is 13.9. The number of unbranched alkanes of at least 4 members (excludes halogenated alkanes) is 5. The number of nitrogens with one attached hydrogen (secondary N) is 2. The van der Waals surface area contributed by atoms with Gasteiger partial charge < -0.3 is 10.7 Å². The number of anilines is 1.